The van der Waals surface area contributed by atoms with Crippen LogP contribution in [0.1, 0.15) is 91.9 Å². The van der Waals surface area contributed by atoms with E-state index in [-0.39, 0.29) is 31.3 Å². The van der Waals surface area contributed by atoms with E-state index < -0.39 is 72.1 Å². The van der Waals surface area contributed by atoms with Crippen molar-refractivity contribution in [1.82, 2.24) is 10.2 Å². The van der Waals surface area contributed by atoms with Crippen LogP contribution in [-0.2, 0) is 50.3 Å². The summed E-state index contributed by atoms with van der Waals surface area (Å²) < 4.78 is 31.6. The van der Waals surface area contributed by atoms with E-state index in [2.05, 4.69) is 11.4 Å². The number of aliphatic hydroxyl groups is 1. The van der Waals surface area contributed by atoms with E-state index in [1.165, 1.54) is 4.90 Å². The van der Waals surface area contributed by atoms with E-state index in [0.29, 0.717) is 29.3 Å². The highest BCUT2D eigenvalue weighted by molar-refractivity contribution is 5.98. The van der Waals surface area contributed by atoms with Crippen molar-refractivity contribution in [2.24, 2.45) is 5.92 Å². The maximum atomic E-state index is 15.0. The Bertz CT molecular complexity index is 2360. The number of esters is 2. The molecule has 12 nitrogen and oxygen atoms in total. The third-order valence-electron chi connectivity index (χ3n) is 12.7. The Morgan fingerprint density at radius 1 is 0.864 bits per heavy atom. The third-order valence-corrected chi connectivity index (χ3v) is 12.7. The zero-order valence-electron chi connectivity index (χ0n) is 38.0. The summed E-state index contributed by atoms with van der Waals surface area (Å²) in [5, 5.41) is 13.2. The summed E-state index contributed by atoms with van der Waals surface area (Å²) in [4.78, 5) is 57.6. The van der Waals surface area contributed by atoms with Crippen molar-refractivity contribution < 1.29 is 48.0 Å². The number of epoxide rings is 1. The second-order valence-electron chi connectivity index (χ2n) is 18.7. The standard InChI is InChI=1S/C54H60N2O10/c1-53(2,3)65-48(58)29-27-41(34-57)55-50(59)43(30-35-16-8-5-9-17-35)56(4)51(60)38-32-46(63-52(61)42-23-15-14-18-37(42)26-24-36-25-28-44-45(31-36)62-44)49-47(33-38)64-54(66-49,39-19-10-6-11-20-39)40-21-12-7-13-22-40/h5-24,26,33,36,41,43-47,49,57H,25,27-32,34H2,1-4H3,(H,55,59)/t36?,41-,43+,44?,45?,46+,47+,49-/m0/s1. The Hall–Kier alpha value is -5.92. The minimum Gasteiger partial charge on any atom is -0.460 e. The number of amides is 2. The molecule has 2 heterocycles. The molecule has 0 bridgehead atoms. The SMILES string of the molecule is CN(C(=O)C1=C[C@H]2OC(c3ccccc3)(c3ccccc3)O[C@H]2[C@H](OC(=O)c2ccccc2C=CC2CCC3OC3C2)C1)[C@H](Cc1ccccc1)C(=O)N[C@H](CO)CCC(=O)OC(C)(C)C. The largest absolute Gasteiger partial charge is 0.460 e. The highest BCUT2D eigenvalue weighted by Crippen LogP contribution is 2.47. The second-order valence-corrected chi connectivity index (χ2v) is 18.7. The summed E-state index contributed by atoms with van der Waals surface area (Å²) in [7, 11) is 1.56. The van der Waals surface area contributed by atoms with Crippen LogP contribution < -0.4 is 5.32 Å². The van der Waals surface area contributed by atoms with Crippen molar-refractivity contribution in [1.29, 1.82) is 0 Å². The van der Waals surface area contributed by atoms with Gasteiger partial charge in [-0.05, 0) is 75.6 Å². The van der Waals surface area contributed by atoms with Crippen molar-refractivity contribution >= 4 is 29.8 Å². The molecule has 1 saturated carbocycles. The van der Waals surface area contributed by atoms with Gasteiger partial charge < -0.3 is 39.0 Å². The molecule has 2 aliphatic carbocycles. The normalized spacial score (nSPS) is 23.9. The average Bonchev–Trinajstić information content (AvgIpc) is 3.99. The Balaban J connectivity index is 1.09. The van der Waals surface area contributed by atoms with Gasteiger partial charge in [-0.15, -0.1) is 0 Å². The number of ether oxygens (including phenoxy) is 5. The van der Waals surface area contributed by atoms with E-state index in [9.17, 15) is 24.3 Å². The Labute approximate surface area is 386 Å². The quantitative estimate of drug-likeness (QED) is 0.0856. The number of carbonyl (C=O) groups is 4. The van der Waals surface area contributed by atoms with Gasteiger partial charge in [-0.25, -0.2) is 4.79 Å². The fourth-order valence-electron chi connectivity index (χ4n) is 9.26. The molecule has 12 heteroatoms. The van der Waals surface area contributed by atoms with Crippen LogP contribution in [0, 0.1) is 5.92 Å². The van der Waals surface area contributed by atoms with E-state index >= 15 is 0 Å². The number of allylic oxidation sites excluding steroid dienone is 1. The molecule has 4 aromatic carbocycles. The molecule has 3 unspecified atom stereocenters. The van der Waals surface area contributed by atoms with Gasteiger partial charge in [0, 0.05) is 43.0 Å². The van der Waals surface area contributed by atoms with Gasteiger partial charge in [-0.2, -0.15) is 0 Å². The van der Waals surface area contributed by atoms with Crippen LogP contribution in [-0.4, -0.2) is 95.6 Å². The van der Waals surface area contributed by atoms with Gasteiger partial charge in [0.2, 0.25) is 17.6 Å². The number of nitrogens with zero attached hydrogens (tertiary/aromatic N) is 1. The van der Waals surface area contributed by atoms with E-state index in [4.69, 9.17) is 23.7 Å². The molecule has 66 heavy (non-hydrogen) atoms. The lowest BCUT2D eigenvalue weighted by atomic mass is 9.88. The highest BCUT2D eigenvalue weighted by atomic mass is 16.8. The average molecular weight is 897 g/mol. The van der Waals surface area contributed by atoms with Crippen LogP contribution >= 0.6 is 0 Å². The van der Waals surface area contributed by atoms with Crippen molar-refractivity contribution in [2.45, 2.75) is 120 Å². The van der Waals surface area contributed by atoms with E-state index in [0.717, 1.165) is 36.0 Å². The number of hydrogen-bond donors (Lipinski definition) is 2. The van der Waals surface area contributed by atoms with Crippen LogP contribution in [0.3, 0.4) is 0 Å². The molecule has 2 N–H and O–H groups in total. The van der Waals surface area contributed by atoms with Gasteiger partial charge in [0.05, 0.1) is 30.4 Å². The molecule has 3 fully saturated rings. The number of nitrogens with one attached hydrogen (secondary N) is 1. The van der Waals surface area contributed by atoms with Gasteiger partial charge in [-0.3, -0.25) is 14.4 Å². The molecule has 346 valence electrons. The highest BCUT2D eigenvalue weighted by Gasteiger charge is 2.55. The van der Waals surface area contributed by atoms with Crippen LogP contribution in [0.25, 0.3) is 6.08 Å². The lowest BCUT2D eigenvalue weighted by molar-refractivity contribution is -0.157. The molecule has 8 atom stereocenters. The smallest absolute Gasteiger partial charge is 0.339 e. The van der Waals surface area contributed by atoms with Gasteiger partial charge >= 0.3 is 11.9 Å². The summed E-state index contributed by atoms with van der Waals surface area (Å²) in [6.07, 6.45) is 7.16. The predicted octanol–water partition coefficient (Wildman–Crippen LogP) is 7.48. The number of carbonyl (C=O) groups excluding carboxylic acids is 4. The maximum absolute atomic E-state index is 15.0. The van der Waals surface area contributed by atoms with Gasteiger partial charge in [-0.1, -0.05) is 121 Å². The molecule has 2 amide bonds. The Morgan fingerprint density at radius 2 is 1.52 bits per heavy atom. The molecule has 4 aromatic rings. The van der Waals surface area contributed by atoms with Gasteiger partial charge in [0.1, 0.15) is 30.0 Å². The van der Waals surface area contributed by atoms with Crippen LogP contribution in [0.15, 0.2) is 133 Å². The fourth-order valence-corrected chi connectivity index (χ4v) is 9.26. The van der Waals surface area contributed by atoms with E-state index in [1.54, 1.807) is 46.0 Å². The summed E-state index contributed by atoms with van der Waals surface area (Å²) in [5.74, 6) is -3.07. The summed E-state index contributed by atoms with van der Waals surface area (Å²) in [5.41, 5.74) is 2.94. The molecule has 0 spiro atoms. The second kappa shape index (κ2) is 20.3. The minimum atomic E-state index is -1.41. The van der Waals surface area contributed by atoms with Crippen molar-refractivity contribution in [3.05, 3.63) is 161 Å². The van der Waals surface area contributed by atoms with E-state index in [1.807, 2.05) is 109 Å². The number of hydrogen-bond acceptors (Lipinski definition) is 10. The Kier molecular flexibility index (Phi) is 14.3. The maximum Gasteiger partial charge on any atom is 0.339 e. The molecule has 0 aromatic heterocycles. The van der Waals surface area contributed by atoms with Crippen LogP contribution in [0.4, 0.5) is 0 Å². The Morgan fingerprint density at radius 3 is 2.17 bits per heavy atom. The first kappa shape index (κ1) is 46.6. The zero-order chi connectivity index (χ0) is 46.4. The summed E-state index contributed by atoms with van der Waals surface area (Å²) in [6, 6.07) is 33.9. The van der Waals surface area contributed by atoms with Gasteiger partial charge in [0.25, 0.3) is 0 Å². The first-order valence-corrected chi connectivity index (χ1v) is 23.1. The van der Waals surface area contributed by atoms with Crippen LogP contribution in [0.2, 0.25) is 0 Å². The topological polar surface area (TPSA) is 153 Å². The first-order valence-electron chi connectivity index (χ1n) is 23.1. The fraction of sp³-hybridized carbons (Fsp3) is 0.407. The zero-order valence-corrected chi connectivity index (χ0v) is 38.0. The number of fused-ring (bicyclic) bond motifs is 2. The van der Waals surface area contributed by atoms with Crippen molar-refractivity contribution in [3.8, 4) is 0 Å². The lowest BCUT2D eigenvalue weighted by Gasteiger charge is -2.34. The van der Waals surface area contributed by atoms with Crippen molar-refractivity contribution in [3.63, 3.8) is 0 Å². The van der Waals surface area contributed by atoms with Crippen molar-refractivity contribution in [2.75, 3.05) is 13.7 Å². The number of benzene rings is 4. The molecule has 2 aliphatic heterocycles. The summed E-state index contributed by atoms with van der Waals surface area (Å²) >= 11 is 0. The predicted molar refractivity (Wildman–Crippen MR) is 248 cm³/mol. The molecule has 0 radical (unpaired) electrons. The van der Waals surface area contributed by atoms with Crippen LogP contribution in [0.5, 0.6) is 0 Å². The number of aliphatic hydroxyl groups excluding tert-OH is 1. The summed E-state index contributed by atoms with van der Waals surface area (Å²) in [6.45, 7) is 4.89. The van der Waals surface area contributed by atoms with Gasteiger partial charge in [0.15, 0.2) is 0 Å². The monoisotopic (exact) mass is 896 g/mol. The number of rotatable bonds is 16. The molecule has 2 saturated heterocycles. The molecule has 8 rings (SSSR count). The molecular formula is C54H60N2O10. The molecular weight excluding hydrogens is 837 g/mol. The number of likely N-dealkylation sites (N-methyl/N-ethyl adjacent to an activating group) is 1. The minimum absolute atomic E-state index is 0.0243. The lowest BCUT2D eigenvalue weighted by Crippen LogP contribution is -2.53. The molecule has 4 aliphatic rings. The third kappa shape index (κ3) is 11.0. The first-order chi connectivity index (χ1) is 31.8.